The summed E-state index contributed by atoms with van der Waals surface area (Å²) in [6, 6.07) is 14.7. The van der Waals surface area contributed by atoms with Crippen molar-refractivity contribution >= 4 is 45.3 Å². The van der Waals surface area contributed by atoms with Crippen molar-refractivity contribution in [3.8, 4) is 5.75 Å². The molecule has 2 saturated heterocycles. The molecule has 4 aliphatic rings. The number of benzene rings is 2. The molecule has 0 radical (unpaired) electrons. The predicted octanol–water partition coefficient (Wildman–Crippen LogP) is 4.59. The zero-order chi connectivity index (χ0) is 35.4. The zero-order valence-electron chi connectivity index (χ0n) is 28.3. The van der Waals surface area contributed by atoms with Gasteiger partial charge in [-0.25, -0.2) is 0 Å². The number of fused-ring (bicyclic) bond motifs is 2. The monoisotopic (exact) mass is 749 g/mol. The van der Waals surface area contributed by atoms with Gasteiger partial charge in [-0.15, -0.1) is 0 Å². The number of hydrogen-bond acceptors (Lipinski definition) is 8. The molecule has 3 amide bonds. The van der Waals surface area contributed by atoms with E-state index in [4.69, 9.17) is 14.2 Å². The minimum atomic E-state index is -1.42. The van der Waals surface area contributed by atoms with Crippen molar-refractivity contribution in [2.24, 2.45) is 11.8 Å². The minimum absolute atomic E-state index is 0.0867. The smallest absolute Gasteiger partial charge is 0.313 e. The van der Waals surface area contributed by atoms with E-state index in [1.807, 2.05) is 42.5 Å². The lowest BCUT2D eigenvalue weighted by molar-refractivity contribution is -0.161. The van der Waals surface area contributed by atoms with Crippen LogP contribution >= 0.6 is 15.9 Å². The second-order valence-corrected chi connectivity index (χ2v) is 14.2. The number of anilines is 1. The van der Waals surface area contributed by atoms with Crippen molar-refractivity contribution < 1.29 is 38.5 Å². The molecule has 0 unspecified atom stereocenters. The molecule has 12 heteroatoms. The standard InChI is InChI=1S/C38H44BrN3O8/c1-24-32(25-13-7-5-8-14-25)49-37(47)30-31-35(45)42(21-10-3-4-12-22-43)34(38(31)23-28(39)33(30)50-38)36(46)41(20-11-6-9-15-29(44)40-24)26-16-18-27(48-2)19-17-26/h5-8,11,13-14,16-19,23-24,30-34,43H,3-4,9-10,12,15,20-22H2,1-2H3,(H,40,44)/b11-6-/t24-,30+,31-,32+,33+,34+,38-/m0/s1. The summed E-state index contributed by atoms with van der Waals surface area (Å²) in [5, 5.41) is 12.3. The molecular weight excluding hydrogens is 706 g/mol. The third-order valence-electron chi connectivity index (χ3n) is 10.1. The Balaban J connectivity index is 1.43. The summed E-state index contributed by atoms with van der Waals surface area (Å²) in [5.74, 6) is -2.94. The maximum absolute atomic E-state index is 15.0. The summed E-state index contributed by atoms with van der Waals surface area (Å²) in [4.78, 5) is 60.3. The van der Waals surface area contributed by atoms with Crippen molar-refractivity contribution in [1.82, 2.24) is 10.2 Å². The van der Waals surface area contributed by atoms with Gasteiger partial charge in [0.05, 0.1) is 19.1 Å². The zero-order valence-corrected chi connectivity index (χ0v) is 29.9. The van der Waals surface area contributed by atoms with Crippen LogP contribution < -0.4 is 15.0 Å². The van der Waals surface area contributed by atoms with Gasteiger partial charge < -0.3 is 34.4 Å². The van der Waals surface area contributed by atoms with Crippen LogP contribution in [0.4, 0.5) is 5.69 Å². The summed E-state index contributed by atoms with van der Waals surface area (Å²) in [5.41, 5.74) is -0.126. The Hall–Kier alpha value is -4.00. The lowest BCUT2D eigenvalue weighted by Crippen LogP contribution is -2.56. The van der Waals surface area contributed by atoms with Crippen LogP contribution in [0.2, 0.25) is 0 Å². The molecule has 2 aromatic rings. The highest BCUT2D eigenvalue weighted by molar-refractivity contribution is 9.11. The molecule has 0 aromatic heterocycles. The first-order chi connectivity index (χ1) is 24.2. The average molecular weight is 751 g/mol. The topological polar surface area (TPSA) is 135 Å². The third kappa shape index (κ3) is 6.85. The van der Waals surface area contributed by atoms with Crippen molar-refractivity contribution in [2.45, 2.75) is 75.3 Å². The largest absolute Gasteiger partial charge is 0.497 e. The van der Waals surface area contributed by atoms with Crippen molar-refractivity contribution in [3.05, 3.63) is 82.9 Å². The molecule has 1 spiro atoms. The van der Waals surface area contributed by atoms with E-state index in [1.165, 1.54) is 0 Å². The van der Waals surface area contributed by atoms with Gasteiger partial charge in [-0.3, -0.25) is 19.2 Å². The maximum Gasteiger partial charge on any atom is 0.313 e. The summed E-state index contributed by atoms with van der Waals surface area (Å²) in [7, 11) is 1.57. The first-order valence-corrected chi connectivity index (χ1v) is 18.1. The number of rotatable bonds is 9. The van der Waals surface area contributed by atoms with Crippen LogP contribution in [0, 0.1) is 11.8 Å². The summed E-state index contributed by atoms with van der Waals surface area (Å²) >= 11 is 3.62. The highest BCUT2D eigenvalue weighted by Crippen LogP contribution is 2.59. The third-order valence-corrected chi connectivity index (χ3v) is 10.8. The molecule has 2 fully saturated rings. The number of hydrogen-bond donors (Lipinski definition) is 2. The Bertz CT molecular complexity index is 1630. The fourth-order valence-electron chi connectivity index (χ4n) is 7.71. The molecule has 2 N–H and O–H groups in total. The van der Waals surface area contributed by atoms with E-state index in [0.29, 0.717) is 40.7 Å². The molecule has 2 aromatic carbocycles. The highest BCUT2D eigenvalue weighted by Gasteiger charge is 2.75. The Kier molecular flexibility index (Phi) is 11.1. The number of unbranched alkanes of at least 4 members (excludes halogenated alkanes) is 3. The maximum atomic E-state index is 15.0. The van der Waals surface area contributed by atoms with Gasteiger partial charge >= 0.3 is 5.97 Å². The van der Waals surface area contributed by atoms with Crippen LogP contribution in [0.1, 0.15) is 57.1 Å². The van der Waals surface area contributed by atoms with Crippen molar-refractivity contribution in [2.75, 3.05) is 31.7 Å². The normalized spacial score (nSPS) is 30.5. The molecule has 7 atom stereocenters. The van der Waals surface area contributed by atoms with Crippen LogP contribution in [0.5, 0.6) is 5.75 Å². The van der Waals surface area contributed by atoms with Crippen molar-refractivity contribution in [3.63, 3.8) is 0 Å². The summed E-state index contributed by atoms with van der Waals surface area (Å²) < 4.78 is 18.9. The van der Waals surface area contributed by atoms with Crippen LogP contribution in [0.15, 0.2) is 77.3 Å². The number of ether oxygens (including phenoxy) is 3. The second kappa shape index (κ2) is 15.5. The van der Waals surface area contributed by atoms with Crippen LogP contribution in [-0.4, -0.2) is 84.3 Å². The summed E-state index contributed by atoms with van der Waals surface area (Å²) in [6.07, 6.45) is 7.28. The van der Waals surface area contributed by atoms with Gasteiger partial charge in [-0.05, 0) is 62.1 Å². The fraction of sp³-hybridized carbons (Fsp3) is 0.474. The lowest BCUT2D eigenvalue weighted by Gasteiger charge is -2.36. The van der Waals surface area contributed by atoms with E-state index in [0.717, 1.165) is 12.8 Å². The number of aliphatic hydroxyl groups excluding tert-OH is 1. The molecule has 0 saturated carbocycles. The number of cyclic esters (lactones) is 1. The number of methoxy groups -OCH3 is 1. The van der Waals surface area contributed by atoms with Gasteiger partial charge in [0.2, 0.25) is 11.8 Å². The number of allylic oxidation sites excluding steroid dienone is 1. The van der Waals surface area contributed by atoms with Gasteiger partial charge in [0.25, 0.3) is 5.91 Å². The molecule has 5 bridgehead atoms. The van der Waals surface area contributed by atoms with Gasteiger partial charge in [0, 0.05) is 36.3 Å². The number of nitrogens with one attached hydrogen (secondary N) is 1. The van der Waals surface area contributed by atoms with E-state index in [2.05, 4.69) is 21.2 Å². The lowest BCUT2D eigenvalue weighted by atomic mass is 9.74. The molecule has 4 heterocycles. The molecule has 50 heavy (non-hydrogen) atoms. The van der Waals surface area contributed by atoms with Crippen LogP contribution in [0.3, 0.4) is 0 Å². The number of esters is 1. The summed E-state index contributed by atoms with van der Waals surface area (Å²) in [6.45, 7) is 2.34. The number of carbonyl (C=O) groups excluding carboxylic acids is 4. The molecule has 11 nitrogen and oxygen atoms in total. The first kappa shape index (κ1) is 35.8. The number of amides is 3. The van der Waals surface area contributed by atoms with Gasteiger partial charge in [-0.1, -0.05) is 71.3 Å². The Morgan fingerprint density at radius 3 is 2.42 bits per heavy atom. The first-order valence-electron chi connectivity index (χ1n) is 17.3. The molecule has 0 aliphatic carbocycles. The number of aliphatic hydroxyl groups is 1. The van der Waals surface area contributed by atoms with E-state index in [9.17, 15) is 19.5 Å². The highest BCUT2D eigenvalue weighted by atomic mass is 79.9. The fourth-order valence-corrected chi connectivity index (χ4v) is 8.44. The molecule has 266 valence electrons. The number of halogens is 1. The van der Waals surface area contributed by atoms with E-state index >= 15 is 4.79 Å². The predicted molar refractivity (Wildman–Crippen MR) is 189 cm³/mol. The number of carbonyl (C=O) groups is 4. The SMILES string of the molecule is COc1ccc(N2C/C=C\CCC(=O)N[C@@H](C)[C@H](c3ccccc3)OC(=O)[C@H]3[C@@H]4O[C@@]5(C=C4Br)[C@@H]3C(=O)N(CCCCCCO)[C@@H]5C2=O)cc1. The van der Waals surface area contributed by atoms with Gasteiger partial charge in [0.15, 0.2) is 0 Å². The van der Waals surface area contributed by atoms with E-state index < -0.39 is 47.7 Å². The second-order valence-electron chi connectivity index (χ2n) is 13.3. The molecule has 4 aliphatic heterocycles. The molecular formula is C38H44BrN3O8. The van der Waals surface area contributed by atoms with Gasteiger partial charge in [-0.2, -0.15) is 0 Å². The Morgan fingerprint density at radius 2 is 1.70 bits per heavy atom. The van der Waals surface area contributed by atoms with Crippen LogP contribution in [0.25, 0.3) is 0 Å². The minimum Gasteiger partial charge on any atom is -0.497 e. The molecule has 6 rings (SSSR count). The number of nitrogens with zero attached hydrogens (tertiary/aromatic N) is 2. The van der Waals surface area contributed by atoms with Crippen LogP contribution in [-0.2, 0) is 28.7 Å². The Labute approximate surface area is 300 Å². The average Bonchev–Trinajstić information content (AvgIpc) is 3.71. The Morgan fingerprint density at radius 1 is 0.960 bits per heavy atom. The van der Waals surface area contributed by atoms with E-state index in [1.54, 1.807) is 54.2 Å². The van der Waals surface area contributed by atoms with E-state index in [-0.39, 0.29) is 43.8 Å². The van der Waals surface area contributed by atoms with Crippen molar-refractivity contribution in [1.29, 1.82) is 0 Å². The van der Waals surface area contributed by atoms with Gasteiger partial charge in [0.1, 0.15) is 35.5 Å². The number of likely N-dealkylation sites (tertiary alicyclic amines) is 1. The quantitative estimate of drug-likeness (QED) is 0.216.